The number of benzene rings is 1. The molecule has 2 atom stereocenters. The van der Waals surface area contributed by atoms with Crippen molar-refractivity contribution in [2.24, 2.45) is 0 Å². The van der Waals surface area contributed by atoms with Gasteiger partial charge >= 0.3 is 6.18 Å². The molecule has 0 spiro atoms. The van der Waals surface area contributed by atoms with E-state index in [2.05, 4.69) is 25.4 Å². The minimum absolute atomic E-state index is 0.0996. The minimum atomic E-state index is -4.93. The van der Waals surface area contributed by atoms with Crippen LogP contribution in [-0.4, -0.2) is 71.3 Å². The number of nitrogens with zero attached hydrogens (tertiary/aromatic N) is 5. The highest BCUT2D eigenvalue weighted by molar-refractivity contribution is 6.07. The molecule has 1 fully saturated rings. The van der Waals surface area contributed by atoms with Gasteiger partial charge in [-0.3, -0.25) is 14.5 Å². The fraction of sp³-hybridized carbons (Fsp3) is 0.419. The zero-order valence-electron chi connectivity index (χ0n) is 25.0. The second-order valence-corrected chi connectivity index (χ2v) is 11.4. The molecule has 4 heterocycles. The maximum Gasteiger partial charge on any atom is 0.417 e. The number of nitrogens with one attached hydrogen (secondary N) is 2. The number of anilines is 3. The van der Waals surface area contributed by atoms with Crippen molar-refractivity contribution in [3.8, 4) is 0 Å². The van der Waals surface area contributed by atoms with Crippen LogP contribution in [-0.2, 0) is 12.6 Å². The molecule has 234 valence electrons. The monoisotopic (exact) mass is 613 g/mol. The standard InChI is InChI=1S/C31H35F4N7O2/c1-5-21-6-7-28(39-38-21)41-10-8-20(9-11-41)22-12-26(27(14-25(22)32)42-16-18(2)40(4)19(3)17-42)37-30(44)23-15-36-29(43)13-24(23)31(33,34)35/h6-8,12-15,18-19H,5,9-11,16-17H2,1-4H3,(H,36,43)(H,37,44)/t18-,19?/m0/s1. The number of aromatic amines is 1. The average Bonchev–Trinajstić information content (AvgIpc) is 3.00. The van der Waals surface area contributed by atoms with Crippen LogP contribution in [0.1, 0.15) is 54.4 Å². The number of aryl methyl sites for hydroxylation is 1. The Kier molecular flexibility index (Phi) is 8.78. The topological polar surface area (TPSA) is 97.5 Å². The minimum Gasteiger partial charge on any atom is -0.367 e. The number of carbonyl (C=O) groups excluding carboxylic acids is 1. The third-order valence-corrected chi connectivity index (χ3v) is 8.46. The van der Waals surface area contributed by atoms with Crippen molar-refractivity contribution >= 4 is 28.7 Å². The Morgan fingerprint density at radius 3 is 2.41 bits per heavy atom. The number of amides is 1. The zero-order chi connectivity index (χ0) is 31.8. The Bertz CT molecular complexity index is 1610. The van der Waals surface area contributed by atoms with E-state index in [-0.39, 0.29) is 23.3 Å². The summed E-state index contributed by atoms with van der Waals surface area (Å²) in [5, 5.41) is 11.1. The molecule has 13 heteroatoms. The molecule has 2 aromatic heterocycles. The third-order valence-electron chi connectivity index (χ3n) is 8.46. The van der Waals surface area contributed by atoms with Crippen molar-refractivity contribution < 1.29 is 22.4 Å². The molecule has 2 aliphatic rings. The molecule has 3 aromatic rings. The zero-order valence-corrected chi connectivity index (χ0v) is 25.0. The Balaban J connectivity index is 1.51. The molecule has 1 aromatic carbocycles. The van der Waals surface area contributed by atoms with Gasteiger partial charge in [0.25, 0.3) is 5.91 Å². The van der Waals surface area contributed by atoms with Crippen LogP contribution in [0.4, 0.5) is 34.8 Å². The van der Waals surface area contributed by atoms with Gasteiger partial charge in [-0.2, -0.15) is 18.3 Å². The predicted molar refractivity (Wildman–Crippen MR) is 162 cm³/mol. The van der Waals surface area contributed by atoms with Crippen molar-refractivity contribution in [1.82, 2.24) is 20.1 Å². The van der Waals surface area contributed by atoms with E-state index < -0.39 is 34.6 Å². The summed E-state index contributed by atoms with van der Waals surface area (Å²) in [6.45, 7) is 8.10. The number of rotatable bonds is 6. The van der Waals surface area contributed by atoms with Gasteiger partial charge in [-0.1, -0.05) is 13.0 Å². The molecular weight excluding hydrogens is 578 g/mol. The highest BCUT2D eigenvalue weighted by atomic mass is 19.4. The van der Waals surface area contributed by atoms with Crippen LogP contribution in [0.2, 0.25) is 0 Å². The molecule has 1 saturated heterocycles. The summed E-state index contributed by atoms with van der Waals surface area (Å²) < 4.78 is 57.1. The molecule has 1 amide bonds. The van der Waals surface area contributed by atoms with Gasteiger partial charge in [-0.15, -0.1) is 5.10 Å². The van der Waals surface area contributed by atoms with Gasteiger partial charge in [0.1, 0.15) is 5.82 Å². The summed E-state index contributed by atoms with van der Waals surface area (Å²) in [7, 11) is 2.00. The van der Waals surface area contributed by atoms with E-state index in [0.717, 1.165) is 18.3 Å². The first-order valence-corrected chi connectivity index (χ1v) is 14.5. The Hall–Kier alpha value is -4.26. The summed E-state index contributed by atoms with van der Waals surface area (Å²) in [5.74, 6) is -0.856. The molecular formula is C31H35F4N7O2. The summed E-state index contributed by atoms with van der Waals surface area (Å²) >= 11 is 0. The van der Waals surface area contributed by atoms with Crippen molar-refractivity contribution in [1.29, 1.82) is 0 Å². The van der Waals surface area contributed by atoms with E-state index in [9.17, 15) is 22.8 Å². The molecule has 9 nitrogen and oxygen atoms in total. The number of H-pyrrole nitrogens is 1. The van der Waals surface area contributed by atoms with Crippen molar-refractivity contribution in [3.63, 3.8) is 0 Å². The molecule has 5 rings (SSSR count). The van der Waals surface area contributed by atoms with Crippen LogP contribution in [0.3, 0.4) is 0 Å². The molecule has 2 aliphatic heterocycles. The number of aromatic nitrogens is 3. The smallest absolute Gasteiger partial charge is 0.367 e. The van der Waals surface area contributed by atoms with Crippen LogP contribution in [0.25, 0.3) is 5.57 Å². The van der Waals surface area contributed by atoms with Crippen LogP contribution in [0.15, 0.2) is 47.4 Å². The number of hydrogen-bond donors (Lipinski definition) is 2. The van der Waals surface area contributed by atoms with Gasteiger partial charge in [0, 0.05) is 56.1 Å². The van der Waals surface area contributed by atoms with Gasteiger partial charge in [0.05, 0.1) is 28.2 Å². The maximum absolute atomic E-state index is 15.9. The molecule has 0 bridgehead atoms. The van der Waals surface area contributed by atoms with E-state index in [1.807, 2.05) is 55.8 Å². The summed E-state index contributed by atoms with van der Waals surface area (Å²) in [4.78, 5) is 33.3. The maximum atomic E-state index is 15.9. The van der Waals surface area contributed by atoms with Gasteiger partial charge < -0.3 is 20.1 Å². The quantitative estimate of drug-likeness (QED) is 0.380. The number of carbonyl (C=O) groups is 1. The highest BCUT2D eigenvalue weighted by Crippen LogP contribution is 2.37. The van der Waals surface area contributed by atoms with Crippen LogP contribution in [0.5, 0.6) is 0 Å². The van der Waals surface area contributed by atoms with Crippen molar-refractivity contribution in [3.05, 3.63) is 81.2 Å². The van der Waals surface area contributed by atoms with Crippen molar-refractivity contribution in [2.45, 2.75) is 51.9 Å². The van der Waals surface area contributed by atoms with Crippen LogP contribution < -0.4 is 20.7 Å². The van der Waals surface area contributed by atoms with Gasteiger partial charge in [-0.25, -0.2) is 4.39 Å². The Morgan fingerprint density at radius 1 is 1.09 bits per heavy atom. The first-order chi connectivity index (χ1) is 20.8. The highest BCUT2D eigenvalue weighted by Gasteiger charge is 2.36. The number of alkyl halides is 3. The summed E-state index contributed by atoms with van der Waals surface area (Å²) in [6, 6.07) is 7.21. The SMILES string of the molecule is CCc1ccc(N2CC=C(c3cc(NC(=O)c4c[nH]c(=O)cc4C(F)(F)F)c(N4CC(C)N(C)[C@@H](C)C4)cc3F)CC2)nn1. The fourth-order valence-corrected chi connectivity index (χ4v) is 5.69. The lowest BCUT2D eigenvalue weighted by Gasteiger charge is -2.44. The van der Waals surface area contributed by atoms with Gasteiger partial charge in [0.15, 0.2) is 5.82 Å². The second-order valence-electron chi connectivity index (χ2n) is 11.4. The number of likely N-dealkylation sites (N-methyl/N-ethyl adjacent to an activating group) is 1. The van der Waals surface area contributed by atoms with E-state index >= 15 is 4.39 Å². The van der Waals surface area contributed by atoms with E-state index in [0.29, 0.717) is 55.7 Å². The fourth-order valence-electron chi connectivity index (χ4n) is 5.69. The predicted octanol–water partition coefficient (Wildman–Crippen LogP) is 4.96. The van der Waals surface area contributed by atoms with Crippen LogP contribution in [0, 0.1) is 5.82 Å². The third kappa shape index (κ3) is 6.47. The Labute approximate surface area is 252 Å². The molecule has 0 saturated carbocycles. The molecule has 2 N–H and O–H groups in total. The number of hydrogen-bond acceptors (Lipinski definition) is 7. The lowest BCUT2D eigenvalue weighted by Crippen LogP contribution is -2.55. The summed E-state index contributed by atoms with van der Waals surface area (Å²) in [6.07, 6.45) is -1.05. The van der Waals surface area contributed by atoms with Gasteiger partial charge in [-0.05, 0) is 63.6 Å². The number of piperazine rings is 1. The molecule has 1 unspecified atom stereocenters. The van der Waals surface area contributed by atoms with Crippen molar-refractivity contribution in [2.75, 3.05) is 48.3 Å². The van der Waals surface area contributed by atoms with Gasteiger partial charge in [0.2, 0.25) is 5.56 Å². The van der Waals surface area contributed by atoms with E-state index in [1.54, 1.807) is 0 Å². The first-order valence-electron chi connectivity index (χ1n) is 14.5. The molecule has 0 radical (unpaired) electrons. The van der Waals surface area contributed by atoms with Crippen LogP contribution >= 0.6 is 0 Å². The van der Waals surface area contributed by atoms with E-state index in [1.165, 1.54) is 12.1 Å². The normalized spacial score (nSPS) is 19.6. The molecule has 0 aliphatic carbocycles. The lowest BCUT2D eigenvalue weighted by atomic mass is 9.96. The average molecular weight is 614 g/mol. The summed E-state index contributed by atoms with van der Waals surface area (Å²) in [5.41, 5.74) is -0.682. The lowest BCUT2D eigenvalue weighted by molar-refractivity contribution is -0.138. The first kappa shape index (κ1) is 31.2. The largest absolute Gasteiger partial charge is 0.417 e. The Morgan fingerprint density at radius 2 is 1.82 bits per heavy atom. The number of halogens is 4. The molecule has 44 heavy (non-hydrogen) atoms. The number of pyridine rings is 1. The second kappa shape index (κ2) is 12.4. The van der Waals surface area contributed by atoms with E-state index in [4.69, 9.17) is 0 Å².